The molecule has 0 fully saturated rings. The number of ether oxygens (including phenoxy) is 1. The Morgan fingerprint density at radius 2 is 1.94 bits per heavy atom. The zero-order valence-electron chi connectivity index (χ0n) is 8.46. The van der Waals surface area contributed by atoms with Gasteiger partial charge in [0.25, 0.3) is 0 Å². The molecule has 0 aliphatic rings. The average molecular weight is 282 g/mol. The van der Waals surface area contributed by atoms with Crippen LogP contribution in [0.2, 0.25) is 5.02 Å². The van der Waals surface area contributed by atoms with E-state index in [0.717, 1.165) is 0 Å². The SMILES string of the molecule is O=C(OCCC(Cl)CCl)c1ccc(Cl)cc1. The molecule has 5 heteroatoms. The molecular weight excluding hydrogens is 270 g/mol. The maximum absolute atomic E-state index is 11.5. The maximum atomic E-state index is 11.5. The summed E-state index contributed by atoms with van der Waals surface area (Å²) in [5.41, 5.74) is 0.474. The van der Waals surface area contributed by atoms with Gasteiger partial charge in [0, 0.05) is 10.9 Å². The molecule has 0 heterocycles. The highest BCUT2D eigenvalue weighted by molar-refractivity contribution is 6.30. The van der Waals surface area contributed by atoms with Gasteiger partial charge >= 0.3 is 5.97 Å². The van der Waals surface area contributed by atoms with Crippen LogP contribution in [0, 0.1) is 0 Å². The minimum absolute atomic E-state index is 0.167. The van der Waals surface area contributed by atoms with E-state index in [1.807, 2.05) is 0 Å². The number of esters is 1. The molecule has 88 valence electrons. The van der Waals surface area contributed by atoms with Crippen LogP contribution in [0.1, 0.15) is 16.8 Å². The van der Waals surface area contributed by atoms with Gasteiger partial charge in [-0.2, -0.15) is 0 Å². The highest BCUT2D eigenvalue weighted by atomic mass is 35.5. The molecule has 0 aromatic heterocycles. The molecule has 0 amide bonds. The first-order valence-corrected chi connectivity index (χ1v) is 6.11. The summed E-state index contributed by atoms with van der Waals surface area (Å²) in [6.07, 6.45) is 0.546. The minimum Gasteiger partial charge on any atom is -0.462 e. The van der Waals surface area contributed by atoms with E-state index >= 15 is 0 Å². The molecule has 0 saturated heterocycles. The lowest BCUT2D eigenvalue weighted by atomic mass is 10.2. The molecule has 1 unspecified atom stereocenters. The zero-order chi connectivity index (χ0) is 12.0. The Kier molecular flexibility index (Phi) is 5.96. The van der Waals surface area contributed by atoms with E-state index in [-0.39, 0.29) is 18.0 Å². The first-order valence-electron chi connectivity index (χ1n) is 4.76. The van der Waals surface area contributed by atoms with Gasteiger partial charge in [-0.15, -0.1) is 23.2 Å². The summed E-state index contributed by atoms with van der Waals surface area (Å²) in [6.45, 7) is 0.266. The summed E-state index contributed by atoms with van der Waals surface area (Å²) in [5, 5.41) is 0.416. The van der Waals surface area contributed by atoms with Crippen LogP contribution < -0.4 is 0 Å². The van der Waals surface area contributed by atoms with Gasteiger partial charge in [-0.25, -0.2) is 4.79 Å². The minimum atomic E-state index is -0.380. The summed E-state index contributed by atoms with van der Waals surface area (Å²) < 4.78 is 5.02. The third-order valence-electron chi connectivity index (χ3n) is 1.91. The first kappa shape index (κ1) is 13.6. The van der Waals surface area contributed by atoms with Gasteiger partial charge in [-0.05, 0) is 30.7 Å². The maximum Gasteiger partial charge on any atom is 0.338 e. The number of carbonyl (C=O) groups is 1. The summed E-state index contributed by atoms with van der Waals surface area (Å²) in [7, 11) is 0. The highest BCUT2D eigenvalue weighted by Crippen LogP contribution is 2.11. The second-order valence-electron chi connectivity index (χ2n) is 3.18. The number of hydrogen-bond acceptors (Lipinski definition) is 2. The number of carbonyl (C=O) groups excluding carboxylic acids is 1. The van der Waals surface area contributed by atoms with Crippen LogP contribution in [0.3, 0.4) is 0 Å². The molecule has 1 aromatic rings. The van der Waals surface area contributed by atoms with Gasteiger partial charge in [-0.3, -0.25) is 0 Å². The zero-order valence-corrected chi connectivity index (χ0v) is 10.7. The van der Waals surface area contributed by atoms with Crippen LogP contribution >= 0.6 is 34.8 Å². The van der Waals surface area contributed by atoms with Crippen LogP contribution in [0.5, 0.6) is 0 Å². The number of halogens is 3. The Bertz CT molecular complexity index is 338. The molecule has 0 N–H and O–H groups in total. The lowest BCUT2D eigenvalue weighted by Crippen LogP contribution is -2.11. The molecule has 16 heavy (non-hydrogen) atoms. The fourth-order valence-electron chi connectivity index (χ4n) is 1.03. The first-order chi connectivity index (χ1) is 7.63. The van der Waals surface area contributed by atoms with Gasteiger partial charge in [0.05, 0.1) is 17.5 Å². The smallest absolute Gasteiger partial charge is 0.338 e. The predicted octanol–water partition coefficient (Wildman–Crippen LogP) is 3.73. The molecule has 2 nitrogen and oxygen atoms in total. The van der Waals surface area contributed by atoms with Crippen molar-refractivity contribution in [3.63, 3.8) is 0 Å². The topological polar surface area (TPSA) is 26.3 Å². The Morgan fingerprint density at radius 1 is 1.31 bits per heavy atom. The van der Waals surface area contributed by atoms with Crippen molar-refractivity contribution in [2.45, 2.75) is 11.8 Å². The van der Waals surface area contributed by atoms with Crippen molar-refractivity contribution in [1.29, 1.82) is 0 Å². The fourth-order valence-corrected chi connectivity index (χ4v) is 1.40. The molecule has 0 saturated carbocycles. The van der Waals surface area contributed by atoms with Crippen molar-refractivity contribution in [2.75, 3.05) is 12.5 Å². The van der Waals surface area contributed by atoms with E-state index in [0.29, 0.717) is 22.9 Å². The van der Waals surface area contributed by atoms with Crippen molar-refractivity contribution in [1.82, 2.24) is 0 Å². The molecule has 0 aliphatic carbocycles. The molecule has 0 bridgehead atoms. The van der Waals surface area contributed by atoms with Crippen molar-refractivity contribution in [2.24, 2.45) is 0 Å². The van der Waals surface area contributed by atoms with Crippen molar-refractivity contribution >= 4 is 40.8 Å². The largest absolute Gasteiger partial charge is 0.462 e. The third kappa shape index (κ3) is 4.60. The van der Waals surface area contributed by atoms with Gasteiger partial charge < -0.3 is 4.74 Å². The fraction of sp³-hybridized carbons (Fsp3) is 0.364. The normalized spacial score (nSPS) is 12.2. The predicted molar refractivity (Wildman–Crippen MR) is 66.7 cm³/mol. The van der Waals surface area contributed by atoms with Crippen LogP contribution in [0.4, 0.5) is 0 Å². The van der Waals surface area contributed by atoms with E-state index < -0.39 is 0 Å². The van der Waals surface area contributed by atoms with Crippen molar-refractivity contribution in [3.8, 4) is 0 Å². The lowest BCUT2D eigenvalue weighted by Gasteiger charge is -2.06. The lowest BCUT2D eigenvalue weighted by molar-refractivity contribution is 0.0501. The van der Waals surface area contributed by atoms with E-state index in [1.165, 1.54) is 0 Å². The van der Waals surface area contributed by atoms with Crippen LogP contribution in [0.15, 0.2) is 24.3 Å². The highest BCUT2D eigenvalue weighted by Gasteiger charge is 2.08. The van der Waals surface area contributed by atoms with Crippen molar-refractivity contribution in [3.05, 3.63) is 34.9 Å². The standard InChI is InChI=1S/C11H11Cl3O2/c12-7-10(14)5-6-16-11(15)8-1-3-9(13)4-2-8/h1-4,10H,5-7H2. The summed E-state index contributed by atoms with van der Waals surface area (Å²) in [6, 6.07) is 6.51. The Labute approximate surface area is 109 Å². The summed E-state index contributed by atoms with van der Waals surface area (Å²) >= 11 is 17.0. The monoisotopic (exact) mass is 280 g/mol. The van der Waals surface area contributed by atoms with Gasteiger partial charge in [0.2, 0.25) is 0 Å². The molecule has 0 aliphatic heterocycles. The second kappa shape index (κ2) is 7.00. The van der Waals surface area contributed by atoms with Gasteiger partial charge in [0.15, 0.2) is 0 Å². The van der Waals surface area contributed by atoms with Crippen LogP contribution in [-0.4, -0.2) is 23.8 Å². The Morgan fingerprint density at radius 3 is 2.50 bits per heavy atom. The Balaban J connectivity index is 2.38. The Hall–Kier alpha value is -0.440. The van der Waals surface area contributed by atoms with E-state index in [2.05, 4.69) is 0 Å². The van der Waals surface area contributed by atoms with Crippen LogP contribution in [-0.2, 0) is 4.74 Å². The molecule has 1 atom stereocenters. The van der Waals surface area contributed by atoms with E-state index in [9.17, 15) is 4.79 Å². The second-order valence-corrected chi connectivity index (χ2v) is 4.55. The van der Waals surface area contributed by atoms with Crippen LogP contribution in [0.25, 0.3) is 0 Å². The number of benzene rings is 1. The number of alkyl halides is 2. The number of hydrogen-bond donors (Lipinski definition) is 0. The van der Waals surface area contributed by atoms with E-state index in [4.69, 9.17) is 39.5 Å². The van der Waals surface area contributed by atoms with Crippen molar-refractivity contribution < 1.29 is 9.53 Å². The molecule has 1 rings (SSSR count). The van der Waals surface area contributed by atoms with E-state index in [1.54, 1.807) is 24.3 Å². The van der Waals surface area contributed by atoms with Gasteiger partial charge in [-0.1, -0.05) is 11.6 Å². The number of rotatable bonds is 5. The molecular formula is C11H11Cl3O2. The average Bonchev–Trinajstić information content (AvgIpc) is 2.29. The van der Waals surface area contributed by atoms with Gasteiger partial charge in [0.1, 0.15) is 0 Å². The summed E-state index contributed by atoms with van der Waals surface area (Å²) in [4.78, 5) is 11.5. The third-order valence-corrected chi connectivity index (χ3v) is 3.07. The molecule has 0 spiro atoms. The molecule has 0 radical (unpaired) electrons. The summed E-state index contributed by atoms with van der Waals surface area (Å²) in [5.74, 6) is -0.0323. The molecule has 1 aromatic carbocycles. The quantitative estimate of drug-likeness (QED) is 0.607.